The van der Waals surface area contributed by atoms with E-state index >= 15 is 0 Å². The van der Waals surface area contributed by atoms with Crippen LogP contribution < -0.4 is 4.90 Å². The molecule has 0 aromatic heterocycles. The second-order valence-corrected chi connectivity index (χ2v) is 8.31. The summed E-state index contributed by atoms with van der Waals surface area (Å²) in [5.74, 6) is -0.365. The average Bonchev–Trinajstić information content (AvgIpc) is 3.24. The van der Waals surface area contributed by atoms with Crippen LogP contribution in [0.25, 0.3) is 0 Å². The quantitative estimate of drug-likeness (QED) is 0.712. The standard InChI is InChI=1S/C25H30N2O3/c1-3-23(28)27(21-11-5-4-6-12-21)25(24(29)30-2)13-15-26(16-14-25)22-17-19-9-7-8-10-20(19)18-22/h4-12,22H,3,13-18H2,1-2H3. The SMILES string of the molecule is CCC(=O)N(c1ccccc1)C1(C(=O)OC)CCN(C2Cc3ccccc3C2)CC1. The highest BCUT2D eigenvalue weighted by Gasteiger charge is 2.50. The van der Waals surface area contributed by atoms with E-state index in [2.05, 4.69) is 29.2 Å². The molecule has 0 bridgehead atoms. The molecule has 2 aliphatic rings. The minimum absolute atomic E-state index is 0.0479. The number of methoxy groups -OCH3 is 1. The van der Waals surface area contributed by atoms with Crippen molar-refractivity contribution < 1.29 is 14.3 Å². The van der Waals surface area contributed by atoms with E-state index in [1.165, 1.54) is 18.2 Å². The molecule has 1 fully saturated rings. The Morgan fingerprint density at radius 1 is 1.00 bits per heavy atom. The van der Waals surface area contributed by atoms with Crippen LogP contribution in [0.15, 0.2) is 54.6 Å². The van der Waals surface area contributed by atoms with Crippen molar-refractivity contribution in [3.63, 3.8) is 0 Å². The first kappa shape index (κ1) is 20.6. The minimum atomic E-state index is -0.953. The highest BCUT2D eigenvalue weighted by Crippen LogP contribution is 2.37. The van der Waals surface area contributed by atoms with Gasteiger partial charge in [0, 0.05) is 31.2 Å². The van der Waals surface area contributed by atoms with Gasteiger partial charge in [0.15, 0.2) is 0 Å². The molecule has 0 spiro atoms. The molecule has 1 aliphatic heterocycles. The summed E-state index contributed by atoms with van der Waals surface area (Å²) in [7, 11) is 1.42. The van der Waals surface area contributed by atoms with Gasteiger partial charge in [0.05, 0.1) is 7.11 Å². The summed E-state index contributed by atoms with van der Waals surface area (Å²) >= 11 is 0. The van der Waals surface area contributed by atoms with E-state index in [4.69, 9.17) is 4.74 Å². The van der Waals surface area contributed by atoms with Crippen LogP contribution >= 0.6 is 0 Å². The van der Waals surface area contributed by atoms with Crippen molar-refractivity contribution >= 4 is 17.6 Å². The molecule has 0 radical (unpaired) electrons. The molecule has 30 heavy (non-hydrogen) atoms. The topological polar surface area (TPSA) is 49.9 Å². The summed E-state index contributed by atoms with van der Waals surface area (Å²) in [6.07, 6.45) is 3.60. The highest BCUT2D eigenvalue weighted by atomic mass is 16.5. The summed E-state index contributed by atoms with van der Waals surface area (Å²) < 4.78 is 5.25. The molecular formula is C25H30N2O3. The van der Waals surface area contributed by atoms with Gasteiger partial charge in [-0.3, -0.25) is 14.6 Å². The summed E-state index contributed by atoms with van der Waals surface area (Å²) in [6, 6.07) is 18.6. The first-order valence-electron chi connectivity index (χ1n) is 10.9. The molecule has 5 nitrogen and oxygen atoms in total. The van der Waals surface area contributed by atoms with Gasteiger partial charge in [-0.1, -0.05) is 49.4 Å². The molecule has 0 N–H and O–H groups in total. The molecule has 1 saturated heterocycles. The second-order valence-electron chi connectivity index (χ2n) is 8.31. The Hall–Kier alpha value is -2.66. The Balaban J connectivity index is 1.58. The molecule has 1 amide bonds. The van der Waals surface area contributed by atoms with Crippen LogP contribution in [0, 0.1) is 0 Å². The number of nitrogens with zero attached hydrogens (tertiary/aromatic N) is 2. The third-order valence-corrected chi connectivity index (χ3v) is 6.73. The number of fused-ring (bicyclic) bond motifs is 1. The molecular weight excluding hydrogens is 376 g/mol. The van der Waals surface area contributed by atoms with Gasteiger partial charge < -0.3 is 4.74 Å². The van der Waals surface area contributed by atoms with E-state index in [1.807, 2.05) is 37.3 Å². The van der Waals surface area contributed by atoms with Crippen LogP contribution in [0.5, 0.6) is 0 Å². The predicted octanol–water partition coefficient (Wildman–Crippen LogP) is 3.60. The number of likely N-dealkylation sites (tertiary alicyclic amines) is 1. The van der Waals surface area contributed by atoms with E-state index < -0.39 is 5.54 Å². The number of rotatable bonds is 5. The van der Waals surface area contributed by atoms with Gasteiger partial charge in [-0.2, -0.15) is 0 Å². The van der Waals surface area contributed by atoms with Crippen LogP contribution in [0.1, 0.15) is 37.3 Å². The summed E-state index contributed by atoms with van der Waals surface area (Å²) in [6.45, 7) is 3.39. The third-order valence-electron chi connectivity index (χ3n) is 6.73. The lowest BCUT2D eigenvalue weighted by atomic mass is 9.83. The Morgan fingerprint density at radius 3 is 2.10 bits per heavy atom. The van der Waals surface area contributed by atoms with Crippen molar-refractivity contribution in [1.29, 1.82) is 0 Å². The number of carbonyl (C=O) groups excluding carboxylic acids is 2. The van der Waals surface area contributed by atoms with Crippen molar-refractivity contribution in [3.8, 4) is 0 Å². The van der Waals surface area contributed by atoms with Gasteiger partial charge in [0.1, 0.15) is 5.54 Å². The largest absolute Gasteiger partial charge is 0.467 e. The lowest BCUT2D eigenvalue weighted by Crippen LogP contribution is -2.63. The Morgan fingerprint density at radius 2 is 1.57 bits per heavy atom. The van der Waals surface area contributed by atoms with Crippen LogP contribution in [0.4, 0.5) is 5.69 Å². The molecule has 2 aromatic carbocycles. The number of benzene rings is 2. The summed E-state index contributed by atoms with van der Waals surface area (Å²) in [5.41, 5.74) is 2.67. The zero-order chi connectivity index (χ0) is 21.1. The summed E-state index contributed by atoms with van der Waals surface area (Å²) in [5, 5.41) is 0. The summed E-state index contributed by atoms with van der Waals surface area (Å²) in [4.78, 5) is 30.3. The number of carbonyl (C=O) groups is 2. The first-order chi connectivity index (χ1) is 14.6. The van der Waals surface area contributed by atoms with Crippen molar-refractivity contribution in [2.75, 3.05) is 25.1 Å². The van der Waals surface area contributed by atoms with Crippen molar-refractivity contribution in [2.45, 2.75) is 50.6 Å². The number of esters is 1. The fraction of sp³-hybridized carbons (Fsp3) is 0.440. The van der Waals surface area contributed by atoms with Crippen molar-refractivity contribution in [2.24, 2.45) is 0 Å². The predicted molar refractivity (Wildman–Crippen MR) is 117 cm³/mol. The van der Waals surface area contributed by atoms with Crippen LogP contribution in [0.3, 0.4) is 0 Å². The zero-order valence-corrected chi connectivity index (χ0v) is 17.8. The average molecular weight is 407 g/mol. The number of para-hydroxylation sites is 1. The van der Waals surface area contributed by atoms with Gasteiger partial charge in [0.2, 0.25) is 5.91 Å². The fourth-order valence-corrected chi connectivity index (χ4v) is 5.13. The zero-order valence-electron chi connectivity index (χ0n) is 17.8. The van der Waals surface area contributed by atoms with Gasteiger partial charge in [-0.25, -0.2) is 4.79 Å². The molecule has 5 heteroatoms. The molecule has 4 rings (SSSR count). The van der Waals surface area contributed by atoms with E-state index in [-0.39, 0.29) is 11.9 Å². The van der Waals surface area contributed by atoms with Crippen LogP contribution in [-0.4, -0.2) is 48.6 Å². The van der Waals surface area contributed by atoms with E-state index in [9.17, 15) is 9.59 Å². The van der Waals surface area contributed by atoms with E-state index in [1.54, 1.807) is 4.90 Å². The van der Waals surface area contributed by atoms with Crippen molar-refractivity contribution in [1.82, 2.24) is 4.90 Å². The van der Waals surface area contributed by atoms with Gasteiger partial charge >= 0.3 is 5.97 Å². The Labute approximate surface area is 178 Å². The third kappa shape index (κ3) is 3.63. The molecule has 1 heterocycles. The Bertz CT molecular complexity index is 879. The van der Waals surface area contributed by atoms with Gasteiger partial charge in [-0.15, -0.1) is 0 Å². The van der Waals surface area contributed by atoms with Crippen LogP contribution in [0.2, 0.25) is 0 Å². The first-order valence-corrected chi connectivity index (χ1v) is 10.9. The maximum Gasteiger partial charge on any atom is 0.332 e. The number of ether oxygens (including phenoxy) is 1. The molecule has 0 atom stereocenters. The lowest BCUT2D eigenvalue weighted by molar-refractivity contribution is -0.151. The number of hydrogen-bond acceptors (Lipinski definition) is 4. The molecule has 0 saturated carbocycles. The molecule has 0 unspecified atom stereocenters. The van der Waals surface area contributed by atoms with Crippen LogP contribution in [-0.2, 0) is 27.2 Å². The maximum atomic E-state index is 13.1. The van der Waals surface area contributed by atoms with E-state index in [0.29, 0.717) is 25.3 Å². The smallest absolute Gasteiger partial charge is 0.332 e. The number of anilines is 1. The highest BCUT2D eigenvalue weighted by molar-refractivity contribution is 6.02. The lowest BCUT2D eigenvalue weighted by Gasteiger charge is -2.47. The number of amides is 1. The minimum Gasteiger partial charge on any atom is -0.467 e. The monoisotopic (exact) mass is 406 g/mol. The molecule has 158 valence electrons. The fourth-order valence-electron chi connectivity index (χ4n) is 5.13. The Kier molecular flexibility index (Phi) is 5.91. The maximum absolute atomic E-state index is 13.1. The molecule has 2 aromatic rings. The van der Waals surface area contributed by atoms with E-state index in [0.717, 1.165) is 31.6 Å². The normalized spacial score (nSPS) is 18.6. The number of hydrogen-bond donors (Lipinski definition) is 0. The second kappa shape index (κ2) is 8.60. The number of piperidine rings is 1. The van der Waals surface area contributed by atoms with Gasteiger partial charge in [0.25, 0.3) is 0 Å². The van der Waals surface area contributed by atoms with Crippen molar-refractivity contribution in [3.05, 3.63) is 65.7 Å². The molecule has 1 aliphatic carbocycles. The van der Waals surface area contributed by atoms with Gasteiger partial charge in [-0.05, 0) is 48.9 Å².